The minimum atomic E-state index is -1.86. The van der Waals surface area contributed by atoms with Crippen LogP contribution in [0.15, 0.2) is 89.6 Å². The number of amides is 3. The number of alkyl carbamates (subject to hydrolysis) is 1. The van der Waals surface area contributed by atoms with Crippen LogP contribution in [-0.4, -0.2) is 61.2 Å². The number of carbonyl (C=O) groups excluding carboxylic acids is 4. The van der Waals surface area contributed by atoms with Gasteiger partial charge in [-0.05, 0) is 54.5 Å². The van der Waals surface area contributed by atoms with Gasteiger partial charge in [0.1, 0.15) is 11.6 Å². The van der Waals surface area contributed by atoms with Crippen LogP contribution in [0.5, 0.6) is 0 Å². The number of hydrogen-bond acceptors (Lipinski definition) is 9. The molecule has 2 unspecified atom stereocenters. The smallest absolute Gasteiger partial charge is 0.408 e. The van der Waals surface area contributed by atoms with Gasteiger partial charge in [-0.15, -0.1) is 11.3 Å². The zero-order valence-corrected chi connectivity index (χ0v) is 25.7. The fourth-order valence-corrected chi connectivity index (χ4v) is 7.16. The summed E-state index contributed by atoms with van der Waals surface area (Å²) in [5.41, 5.74) is 0.0905. The van der Waals surface area contributed by atoms with Crippen LogP contribution in [0.3, 0.4) is 0 Å². The summed E-state index contributed by atoms with van der Waals surface area (Å²) in [5.74, 6) is -3.44. The maximum Gasteiger partial charge on any atom is 0.408 e. The Morgan fingerprint density at radius 1 is 1.02 bits per heavy atom. The number of benzene rings is 2. The van der Waals surface area contributed by atoms with Crippen molar-refractivity contribution in [3.8, 4) is 0 Å². The van der Waals surface area contributed by atoms with Crippen molar-refractivity contribution in [3.63, 3.8) is 0 Å². The summed E-state index contributed by atoms with van der Waals surface area (Å²) in [7, 11) is 0. The molecule has 44 heavy (non-hydrogen) atoms. The van der Waals surface area contributed by atoms with Gasteiger partial charge in [0, 0.05) is 4.88 Å². The van der Waals surface area contributed by atoms with Crippen molar-refractivity contribution >= 4 is 46.4 Å². The molecule has 3 aromatic rings. The molecule has 4 atom stereocenters. The van der Waals surface area contributed by atoms with Gasteiger partial charge < -0.3 is 29.8 Å². The topological polar surface area (TPSA) is 157 Å². The zero-order chi connectivity index (χ0) is 31.6. The molecule has 1 fully saturated rings. The third-order valence-corrected chi connectivity index (χ3v) is 9.29. The van der Waals surface area contributed by atoms with E-state index < -0.39 is 81.4 Å². The molecule has 2 aromatic carbocycles. The standard InChI is InChI=1S/C31H31N3O8S2/c1-31(2,3)42-30(39)33-22(21-15-10-16-43-21)26(36)32-23-27(37)34-24(20(35)17-44(40)28(23)34)29(38)41-25(18-11-6-4-7-12-18)19-13-8-5-9-14-19/h4-16,22-23,25,28,35H,17H2,1-3H3,(H,32,36)(H,33,39)/t22?,23-,28+,44?/m1/s1. The lowest BCUT2D eigenvalue weighted by Gasteiger charge is -2.48. The summed E-state index contributed by atoms with van der Waals surface area (Å²) in [5, 5.41) is 16.4. The predicted molar refractivity (Wildman–Crippen MR) is 162 cm³/mol. The monoisotopic (exact) mass is 637 g/mol. The molecule has 0 saturated carbocycles. The van der Waals surface area contributed by atoms with E-state index in [2.05, 4.69) is 10.6 Å². The average Bonchev–Trinajstić information content (AvgIpc) is 3.52. The molecule has 1 saturated heterocycles. The largest absolute Gasteiger partial charge is 0.614 e. The predicted octanol–water partition coefficient (Wildman–Crippen LogP) is 3.83. The summed E-state index contributed by atoms with van der Waals surface area (Å²) in [4.78, 5) is 54.3. The Bertz CT molecular complexity index is 1520. The maximum atomic E-state index is 13.6. The summed E-state index contributed by atoms with van der Waals surface area (Å²) in [6, 6.07) is 18.8. The quantitative estimate of drug-likeness (QED) is 0.191. The summed E-state index contributed by atoms with van der Waals surface area (Å²) in [6.07, 6.45) is -1.69. The van der Waals surface area contributed by atoms with Gasteiger partial charge in [-0.1, -0.05) is 66.7 Å². The van der Waals surface area contributed by atoms with E-state index in [1.54, 1.807) is 86.8 Å². The number of esters is 1. The Hall–Kier alpha value is -4.33. The van der Waals surface area contributed by atoms with Crippen molar-refractivity contribution in [2.24, 2.45) is 0 Å². The highest BCUT2D eigenvalue weighted by Crippen LogP contribution is 2.38. The third-order valence-electron chi connectivity index (χ3n) is 6.78. The molecule has 230 valence electrons. The fourth-order valence-electron chi connectivity index (χ4n) is 4.88. The van der Waals surface area contributed by atoms with E-state index in [1.165, 1.54) is 11.3 Å². The summed E-state index contributed by atoms with van der Waals surface area (Å²) < 4.78 is 24.3. The second kappa shape index (κ2) is 12.7. The molecular formula is C31H31N3O8S2. The molecule has 2 aliphatic rings. The van der Waals surface area contributed by atoms with Crippen LogP contribution in [0.2, 0.25) is 0 Å². The molecule has 0 radical (unpaired) electrons. The highest BCUT2D eigenvalue weighted by Gasteiger charge is 2.62. The normalized spacial score (nSPS) is 20.3. The number of carbonyl (C=O) groups is 4. The first-order valence-corrected chi connectivity index (χ1v) is 16.0. The Kier molecular flexibility index (Phi) is 9.00. The molecule has 1 aromatic heterocycles. The highest BCUT2D eigenvalue weighted by atomic mass is 32.2. The van der Waals surface area contributed by atoms with Crippen LogP contribution in [0.25, 0.3) is 0 Å². The second-order valence-corrected chi connectivity index (χ2v) is 13.6. The molecule has 11 nitrogen and oxygen atoms in total. The van der Waals surface area contributed by atoms with Crippen molar-refractivity contribution in [2.45, 2.75) is 49.9 Å². The molecule has 0 aliphatic carbocycles. The molecule has 0 spiro atoms. The van der Waals surface area contributed by atoms with Gasteiger partial charge in [-0.25, -0.2) is 9.59 Å². The van der Waals surface area contributed by atoms with Crippen molar-refractivity contribution in [1.82, 2.24) is 15.5 Å². The minimum absolute atomic E-state index is 0.420. The molecule has 0 bridgehead atoms. The van der Waals surface area contributed by atoms with Gasteiger partial charge in [0.15, 0.2) is 29.4 Å². The molecule has 2 aliphatic heterocycles. The van der Waals surface area contributed by atoms with Crippen molar-refractivity contribution in [1.29, 1.82) is 0 Å². The Labute approximate surface area is 261 Å². The van der Waals surface area contributed by atoms with Crippen molar-refractivity contribution in [2.75, 3.05) is 5.75 Å². The lowest BCUT2D eigenvalue weighted by Crippen LogP contribution is -2.75. The highest BCUT2D eigenvalue weighted by molar-refractivity contribution is 7.92. The number of aliphatic hydroxyl groups excluding tert-OH is 1. The van der Waals surface area contributed by atoms with Gasteiger partial charge in [-0.2, -0.15) is 0 Å². The van der Waals surface area contributed by atoms with Crippen molar-refractivity contribution in [3.05, 3.63) is 106 Å². The van der Waals surface area contributed by atoms with Crippen LogP contribution >= 0.6 is 11.3 Å². The zero-order valence-electron chi connectivity index (χ0n) is 24.1. The van der Waals surface area contributed by atoms with Gasteiger partial charge in [0.25, 0.3) is 5.91 Å². The van der Waals surface area contributed by atoms with Crippen LogP contribution in [0.4, 0.5) is 4.79 Å². The number of hydrogen-bond donors (Lipinski definition) is 3. The summed E-state index contributed by atoms with van der Waals surface area (Å²) in [6.45, 7) is 5.04. The maximum absolute atomic E-state index is 13.6. The van der Waals surface area contributed by atoms with E-state index in [-0.39, 0.29) is 0 Å². The van der Waals surface area contributed by atoms with E-state index in [9.17, 15) is 28.8 Å². The average molecular weight is 638 g/mol. The van der Waals surface area contributed by atoms with Gasteiger partial charge in [0.2, 0.25) is 11.3 Å². The first kappa shape index (κ1) is 31.1. The molecule has 5 rings (SSSR count). The minimum Gasteiger partial charge on any atom is -0.614 e. The van der Waals surface area contributed by atoms with E-state index in [4.69, 9.17) is 9.47 Å². The number of rotatable bonds is 8. The Morgan fingerprint density at radius 2 is 1.64 bits per heavy atom. The van der Waals surface area contributed by atoms with Gasteiger partial charge >= 0.3 is 12.1 Å². The van der Waals surface area contributed by atoms with E-state index in [0.29, 0.717) is 16.0 Å². The lowest BCUT2D eigenvalue weighted by atomic mass is 10.0. The summed E-state index contributed by atoms with van der Waals surface area (Å²) >= 11 is -0.642. The Morgan fingerprint density at radius 3 is 2.18 bits per heavy atom. The van der Waals surface area contributed by atoms with Crippen LogP contribution in [0, 0.1) is 0 Å². The third kappa shape index (κ3) is 6.59. The molecule has 13 heteroatoms. The van der Waals surface area contributed by atoms with Crippen molar-refractivity contribution < 1.29 is 38.3 Å². The number of ether oxygens (including phenoxy) is 2. The molecule has 3 amide bonds. The first-order valence-electron chi connectivity index (χ1n) is 13.7. The first-order chi connectivity index (χ1) is 20.9. The molecule has 3 heterocycles. The number of thiophene rings is 1. The van der Waals surface area contributed by atoms with E-state index >= 15 is 0 Å². The van der Waals surface area contributed by atoms with Gasteiger partial charge in [-0.3, -0.25) is 14.5 Å². The Balaban J connectivity index is 1.35. The molecule has 3 N–H and O–H groups in total. The van der Waals surface area contributed by atoms with Crippen LogP contribution in [-0.2, 0) is 35.0 Å². The molecular weight excluding hydrogens is 606 g/mol. The number of fused-ring (bicyclic) bond motifs is 1. The lowest BCUT2D eigenvalue weighted by molar-refractivity contribution is -0.155. The second-order valence-electron chi connectivity index (χ2n) is 11.1. The number of nitrogens with zero attached hydrogens (tertiary/aromatic N) is 1. The van der Waals surface area contributed by atoms with Crippen LogP contribution in [0.1, 0.15) is 48.9 Å². The fraction of sp³-hybridized carbons (Fsp3) is 0.290. The number of β-lactam (4-membered cyclic amide) rings is 1. The van der Waals surface area contributed by atoms with Gasteiger partial charge in [0.05, 0.1) is 0 Å². The number of nitrogens with one attached hydrogen (secondary N) is 2. The van der Waals surface area contributed by atoms with Crippen LogP contribution < -0.4 is 10.6 Å². The van der Waals surface area contributed by atoms with E-state index in [0.717, 1.165) is 4.90 Å². The number of aliphatic hydroxyl groups is 1. The SMILES string of the molecule is CC(C)(C)OC(=O)NC(C(=O)N[C@@H]1C(=O)N2C(C(=O)OC(c3ccccc3)c3ccccc3)=C(O)C[S+]([O-])[C@@H]12)c1cccs1. The van der Waals surface area contributed by atoms with E-state index in [1.807, 2.05) is 12.1 Å².